The number of hydrogen-bond donors (Lipinski definition) is 0. The van der Waals surface area contributed by atoms with Crippen molar-refractivity contribution >= 4 is 6.21 Å². The summed E-state index contributed by atoms with van der Waals surface area (Å²) < 4.78 is 11.1. The molecule has 1 fully saturated rings. The van der Waals surface area contributed by atoms with Crippen LogP contribution in [0.1, 0.15) is 11.1 Å². The fourth-order valence-corrected chi connectivity index (χ4v) is 2.24. The van der Waals surface area contributed by atoms with Crippen LogP contribution in [-0.2, 0) is 11.3 Å². The van der Waals surface area contributed by atoms with E-state index >= 15 is 0 Å². The molecule has 22 heavy (non-hydrogen) atoms. The standard InChI is InChI=1S/C18H20N2O2/c1-2-5-16(6-3-1)15-22-18-8-4-7-17(13-18)14-19-20-9-11-21-12-10-20/h1-8,13-14H,9-12,15H2. The monoisotopic (exact) mass is 296 g/mol. The van der Waals surface area contributed by atoms with Gasteiger partial charge in [0.25, 0.3) is 0 Å². The number of hydrogen-bond acceptors (Lipinski definition) is 4. The molecule has 0 bridgehead atoms. The molecule has 0 aliphatic carbocycles. The second-order valence-corrected chi connectivity index (χ2v) is 5.16. The van der Waals surface area contributed by atoms with Gasteiger partial charge < -0.3 is 9.47 Å². The van der Waals surface area contributed by atoms with E-state index in [2.05, 4.69) is 17.2 Å². The third kappa shape index (κ3) is 4.33. The smallest absolute Gasteiger partial charge is 0.120 e. The predicted octanol–water partition coefficient (Wildman–Crippen LogP) is 2.93. The highest BCUT2D eigenvalue weighted by Crippen LogP contribution is 2.14. The zero-order valence-corrected chi connectivity index (χ0v) is 12.5. The van der Waals surface area contributed by atoms with E-state index in [0.29, 0.717) is 6.61 Å². The van der Waals surface area contributed by atoms with Crippen LogP contribution in [0, 0.1) is 0 Å². The number of morpholine rings is 1. The Morgan fingerprint density at radius 1 is 1.05 bits per heavy atom. The Morgan fingerprint density at radius 2 is 1.86 bits per heavy atom. The number of hydrazone groups is 1. The van der Waals surface area contributed by atoms with Gasteiger partial charge in [0, 0.05) is 0 Å². The normalized spacial score (nSPS) is 15.2. The van der Waals surface area contributed by atoms with Gasteiger partial charge in [0.2, 0.25) is 0 Å². The molecule has 1 aliphatic rings. The Bertz CT molecular complexity index is 607. The molecule has 0 saturated carbocycles. The van der Waals surface area contributed by atoms with Gasteiger partial charge in [-0.05, 0) is 23.3 Å². The van der Waals surface area contributed by atoms with Crippen molar-refractivity contribution in [1.82, 2.24) is 5.01 Å². The van der Waals surface area contributed by atoms with Crippen LogP contribution in [0.4, 0.5) is 0 Å². The molecule has 1 aliphatic heterocycles. The van der Waals surface area contributed by atoms with Crippen LogP contribution >= 0.6 is 0 Å². The first-order valence-electron chi connectivity index (χ1n) is 7.54. The first-order chi connectivity index (χ1) is 10.9. The average molecular weight is 296 g/mol. The lowest BCUT2D eigenvalue weighted by molar-refractivity contribution is 0.0397. The minimum Gasteiger partial charge on any atom is -0.489 e. The summed E-state index contributed by atoms with van der Waals surface area (Å²) in [5.74, 6) is 0.856. The lowest BCUT2D eigenvalue weighted by Gasteiger charge is -2.23. The minimum atomic E-state index is 0.574. The molecule has 1 heterocycles. The highest BCUT2D eigenvalue weighted by Gasteiger charge is 2.06. The fourth-order valence-electron chi connectivity index (χ4n) is 2.24. The van der Waals surface area contributed by atoms with Crippen LogP contribution in [-0.4, -0.2) is 37.5 Å². The van der Waals surface area contributed by atoms with Crippen LogP contribution in [0.2, 0.25) is 0 Å². The minimum absolute atomic E-state index is 0.574. The van der Waals surface area contributed by atoms with E-state index in [1.54, 1.807) is 0 Å². The molecule has 2 aromatic carbocycles. The van der Waals surface area contributed by atoms with Crippen LogP contribution in [0.15, 0.2) is 59.7 Å². The Hall–Kier alpha value is -2.33. The molecule has 0 aromatic heterocycles. The highest BCUT2D eigenvalue weighted by atomic mass is 16.5. The van der Waals surface area contributed by atoms with Gasteiger partial charge in [0.1, 0.15) is 12.4 Å². The van der Waals surface area contributed by atoms with Gasteiger partial charge in [0.05, 0.1) is 32.5 Å². The van der Waals surface area contributed by atoms with Gasteiger partial charge in [-0.15, -0.1) is 0 Å². The van der Waals surface area contributed by atoms with Crippen LogP contribution in [0.25, 0.3) is 0 Å². The lowest BCUT2D eigenvalue weighted by Crippen LogP contribution is -2.32. The Balaban J connectivity index is 1.58. The Labute approximate surface area is 131 Å². The van der Waals surface area contributed by atoms with E-state index in [4.69, 9.17) is 9.47 Å². The maximum Gasteiger partial charge on any atom is 0.120 e. The van der Waals surface area contributed by atoms with Crippen LogP contribution < -0.4 is 4.74 Å². The van der Waals surface area contributed by atoms with Crippen molar-refractivity contribution < 1.29 is 9.47 Å². The third-order valence-corrected chi connectivity index (χ3v) is 3.46. The number of rotatable bonds is 5. The molecule has 114 valence electrons. The second kappa shape index (κ2) is 7.61. The molecule has 0 N–H and O–H groups in total. The van der Waals surface area contributed by atoms with Gasteiger partial charge in [-0.1, -0.05) is 42.5 Å². The van der Waals surface area contributed by atoms with Crippen molar-refractivity contribution in [2.24, 2.45) is 5.10 Å². The van der Waals surface area contributed by atoms with Gasteiger partial charge in [0.15, 0.2) is 0 Å². The molecular formula is C18H20N2O2. The summed E-state index contributed by atoms with van der Waals surface area (Å²) in [5.41, 5.74) is 2.20. The Kier molecular flexibility index (Phi) is 5.05. The molecule has 3 rings (SSSR count). The van der Waals surface area contributed by atoms with E-state index in [0.717, 1.165) is 43.2 Å². The van der Waals surface area contributed by atoms with Crippen molar-refractivity contribution in [2.75, 3.05) is 26.3 Å². The molecule has 4 nitrogen and oxygen atoms in total. The third-order valence-electron chi connectivity index (χ3n) is 3.46. The maximum atomic E-state index is 5.83. The van der Waals surface area contributed by atoms with E-state index in [1.807, 2.05) is 53.7 Å². The number of ether oxygens (including phenoxy) is 2. The molecule has 2 aromatic rings. The van der Waals surface area contributed by atoms with E-state index < -0.39 is 0 Å². The van der Waals surface area contributed by atoms with Gasteiger partial charge in [-0.25, -0.2) is 0 Å². The largest absolute Gasteiger partial charge is 0.489 e. The van der Waals surface area contributed by atoms with Crippen molar-refractivity contribution in [3.63, 3.8) is 0 Å². The quantitative estimate of drug-likeness (QED) is 0.796. The zero-order valence-electron chi connectivity index (χ0n) is 12.5. The summed E-state index contributed by atoms with van der Waals surface area (Å²) in [7, 11) is 0. The summed E-state index contributed by atoms with van der Waals surface area (Å²) in [5, 5.41) is 6.51. The molecule has 4 heteroatoms. The molecule has 0 atom stereocenters. The van der Waals surface area contributed by atoms with E-state index in [-0.39, 0.29) is 0 Å². The second-order valence-electron chi connectivity index (χ2n) is 5.16. The summed E-state index contributed by atoms with van der Waals surface area (Å²) in [6.07, 6.45) is 1.88. The zero-order chi connectivity index (χ0) is 15.0. The van der Waals surface area contributed by atoms with Crippen LogP contribution in [0.5, 0.6) is 5.75 Å². The lowest BCUT2D eigenvalue weighted by atomic mass is 10.2. The van der Waals surface area contributed by atoms with Gasteiger partial charge in [-0.3, -0.25) is 5.01 Å². The van der Waals surface area contributed by atoms with E-state index in [1.165, 1.54) is 0 Å². The predicted molar refractivity (Wildman–Crippen MR) is 87.2 cm³/mol. The summed E-state index contributed by atoms with van der Waals surface area (Å²) >= 11 is 0. The van der Waals surface area contributed by atoms with Gasteiger partial charge in [-0.2, -0.15) is 5.10 Å². The molecule has 0 unspecified atom stereocenters. The Morgan fingerprint density at radius 3 is 2.68 bits per heavy atom. The first kappa shape index (κ1) is 14.6. The van der Waals surface area contributed by atoms with Crippen molar-refractivity contribution in [2.45, 2.75) is 6.61 Å². The first-order valence-corrected chi connectivity index (χ1v) is 7.54. The van der Waals surface area contributed by atoms with Crippen molar-refractivity contribution in [3.05, 3.63) is 65.7 Å². The summed E-state index contributed by atoms with van der Waals surface area (Å²) in [6.45, 7) is 3.77. The summed E-state index contributed by atoms with van der Waals surface area (Å²) in [6, 6.07) is 18.1. The molecule has 0 amide bonds. The van der Waals surface area contributed by atoms with Crippen molar-refractivity contribution in [3.8, 4) is 5.75 Å². The van der Waals surface area contributed by atoms with Crippen LogP contribution in [0.3, 0.4) is 0 Å². The molecule has 0 radical (unpaired) electrons. The van der Waals surface area contributed by atoms with E-state index in [9.17, 15) is 0 Å². The van der Waals surface area contributed by atoms with Gasteiger partial charge >= 0.3 is 0 Å². The summed E-state index contributed by atoms with van der Waals surface area (Å²) in [4.78, 5) is 0. The average Bonchev–Trinajstić information content (AvgIpc) is 2.60. The molecule has 1 saturated heterocycles. The maximum absolute atomic E-state index is 5.83. The molecular weight excluding hydrogens is 276 g/mol. The number of benzene rings is 2. The highest BCUT2D eigenvalue weighted by molar-refractivity contribution is 5.79. The SMILES string of the molecule is C(=NN1CCOCC1)c1cccc(OCc2ccccc2)c1. The molecule has 0 spiro atoms. The topological polar surface area (TPSA) is 34.1 Å². The van der Waals surface area contributed by atoms with Crippen molar-refractivity contribution in [1.29, 1.82) is 0 Å². The fraction of sp³-hybridized carbons (Fsp3) is 0.278. The number of nitrogens with zero attached hydrogens (tertiary/aromatic N) is 2.